The van der Waals surface area contributed by atoms with E-state index in [9.17, 15) is 9.59 Å². The number of carbonyl (C=O) groups is 1. The monoisotopic (exact) mass is 401 g/mol. The maximum atomic E-state index is 12.4. The number of nitrogens with one attached hydrogen (secondary N) is 1. The molecule has 0 saturated carbocycles. The van der Waals surface area contributed by atoms with E-state index in [0.717, 1.165) is 29.5 Å². The van der Waals surface area contributed by atoms with Crippen molar-refractivity contribution in [2.45, 2.75) is 25.9 Å². The van der Waals surface area contributed by atoms with Crippen molar-refractivity contribution in [3.8, 4) is 0 Å². The number of anilines is 1. The predicted octanol–water partition coefficient (Wildman–Crippen LogP) is 2.12. The summed E-state index contributed by atoms with van der Waals surface area (Å²) in [6, 6.07) is 7.10. The van der Waals surface area contributed by atoms with Crippen molar-refractivity contribution in [1.29, 1.82) is 0 Å². The molecule has 8 heteroatoms. The first-order valence-corrected chi connectivity index (χ1v) is 9.93. The van der Waals surface area contributed by atoms with Gasteiger partial charge in [0.2, 0.25) is 0 Å². The quantitative estimate of drug-likeness (QED) is 0.610. The van der Waals surface area contributed by atoms with Crippen LogP contribution in [-0.2, 0) is 9.53 Å². The van der Waals surface area contributed by atoms with Crippen LogP contribution in [0.5, 0.6) is 0 Å². The van der Waals surface area contributed by atoms with E-state index in [1.54, 1.807) is 6.07 Å². The van der Waals surface area contributed by atoms with Crippen molar-refractivity contribution >= 4 is 39.9 Å². The normalized spacial score (nSPS) is 19.8. The molecule has 4 rings (SSSR count). The van der Waals surface area contributed by atoms with Crippen LogP contribution < -0.4 is 10.9 Å². The van der Waals surface area contributed by atoms with E-state index in [0.29, 0.717) is 43.5 Å². The molecule has 0 spiro atoms. The van der Waals surface area contributed by atoms with Gasteiger partial charge in [-0.2, -0.15) is 0 Å². The van der Waals surface area contributed by atoms with Crippen LogP contribution in [0.3, 0.4) is 0 Å². The van der Waals surface area contributed by atoms with E-state index in [4.69, 9.17) is 21.4 Å². The van der Waals surface area contributed by atoms with Gasteiger partial charge >= 0.3 is 5.63 Å². The van der Waals surface area contributed by atoms with E-state index in [-0.39, 0.29) is 17.6 Å². The van der Waals surface area contributed by atoms with Crippen LogP contribution in [0.4, 0.5) is 5.69 Å². The van der Waals surface area contributed by atoms with Crippen molar-refractivity contribution in [3.05, 3.63) is 40.2 Å². The Morgan fingerprint density at radius 1 is 1.18 bits per heavy atom. The predicted molar refractivity (Wildman–Crippen MR) is 111 cm³/mol. The zero-order valence-electron chi connectivity index (χ0n) is 15.8. The van der Waals surface area contributed by atoms with E-state index in [1.165, 1.54) is 6.07 Å². The summed E-state index contributed by atoms with van der Waals surface area (Å²) < 4.78 is 10.8. The molecule has 7 nitrogen and oxygen atoms in total. The largest absolute Gasteiger partial charge is 0.423 e. The Labute approximate surface area is 168 Å². The van der Waals surface area contributed by atoms with E-state index in [2.05, 4.69) is 5.32 Å². The maximum absolute atomic E-state index is 12.4. The summed E-state index contributed by atoms with van der Waals surface area (Å²) in [5.41, 5.74) is 1.82. The van der Waals surface area contributed by atoms with E-state index >= 15 is 0 Å². The molecule has 1 N–H and O–H groups in total. The number of benzene rings is 1. The van der Waals surface area contributed by atoms with Crippen molar-refractivity contribution in [3.63, 3.8) is 0 Å². The molecule has 0 unspecified atom stereocenters. The van der Waals surface area contributed by atoms with Gasteiger partial charge in [0, 0.05) is 56.0 Å². The third kappa shape index (κ3) is 3.88. The van der Waals surface area contributed by atoms with Gasteiger partial charge in [-0.25, -0.2) is 4.79 Å². The third-order valence-electron chi connectivity index (χ3n) is 5.29. The summed E-state index contributed by atoms with van der Waals surface area (Å²) in [5.74, 6) is 0.0935. The van der Waals surface area contributed by atoms with Crippen LogP contribution in [0.25, 0.3) is 11.0 Å². The number of nitrogens with zero attached hydrogens (tertiary/aromatic N) is 2. The van der Waals surface area contributed by atoms with Crippen molar-refractivity contribution in [2.24, 2.45) is 0 Å². The number of amides is 1. The number of ether oxygens (including phenoxy) is 1. The zero-order valence-corrected chi connectivity index (χ0v) is 16.6. The molecular formula is C20H23N3O4S. The number of hydrogen-bond donors (Lipinski definition) is 1. The molecule has 0 radical (unpaired) electrons. The van der Waals surface area contributed by atoms with Crippen LogP contribution in [0.2, 0.25) is 0 Å². The summed E-state index contributed by atoms with van der Waals surface area (Å²) in [6.07, 6.45) is 1.50. The molecule has 1 amide bonds. The fourth-order valence-corrected chi connectivity index (χ4v) is 4.01. The SMILES string of the molecule is Cc1cc(=O)oc2cc(NC(=S)N3CCN(C(=O)[C@H]4CCCO4)CC3)ccc12. The van der Waals surface area contributed by atoms with Gasteiger partial charge in [-0.1, -0.05) is 0 Å². The molecule has 28 heavy (non-hydrogen) atoms. The summed E-state index contributed by atoms with van der Waals surface area (Å²) in [7, 11) is 0. The molecule has 0 bridgehead atoms. The molecule has 1 atom stereocenters. The van der Waals surface area contributed by atoms with Crippen molar-refractivity contribution < 1.29 is 13.9 Å². The summed E-state index contributed by atoms with van der Waals surface area (Å²) in [4.78, 5) is 28.0. The Morgan fingerprint density at radius 2 is 1.93 bits per heavy atom. The lowest BCUT2D eigenvalue weighted by Gasteiger charge is -2.37. The minimum Gasteiger partial charge on any atom is -0.423 e. The Kier molecular flexibility index (Phi) is 5.32. The summed E-state index contributed by atoms with van der Waals surface area (Å²) in [6.45, 7) is 5.17. The molecule has 2 saturated heterocycles. The smallest absolute Gasteiger partial charge is 0.336 e. The lowest BCUT2D eigenvalue weighted by atomic mass is 10.1. The van der Waals surface area contributed by atoms with Crippen LogP contribution in [0.1, 0.15) is 18.4 Å². The average Bonchev–Trinajstić information content (AvgIpc) is 3.22. The second-order valence-electron chi connectivity index (χ2n) is 7.20. The van der Waals surface area contributed by atoms with Crippen molar-refractivity contribution in [2.75, 3.05) is 38.1 Å². The van der Waals surface area contributed by atoms with Crippen LogP contribution in [-0.4, -0.2) is 59.7 Å². The lowest BCUT2D eigenvalue weighted by molar-refractivity contribution is -0.142. The minimum atomic E-state index is -0.364. The van der Waals surface area contributed by atoms with E-state index in [1.807, 2.05) is 28.9 Å². The Balaban J connectivity index is 1.37. The molecule has 2 aliphatic rings. The first-order chi connectivity index (χ1) is 13.5. The zero-order chi connectivity index (χ0) is 19.7. The average molecular weight is 401 g/mol. The molecule has 1 aromatic carbocycles. The fraction of sp³-hybridized carbons (Fsp3) is 0.450. The van der Waals surface area contributed by atoms with Gasteiger partial charge in [0.1, 0.15) is 11.7 Å². The van der Waals surface area contributed by atoms with Gasteiger partial charge in [0.05, 0.1) is 0 Å². The number of carbonyl (C=O) groups excluding carboxylic acids is 1. The molecular weight excluding hydrogens is 378 g/mol. The highest BCUT2D eigenvalue weighted by molar-refractivity contribution is 7.80. The summed E-state index contributed by atoms with van der Waals surface area (Å²) >= 11 is 5.54. The van der Waals surface area contributed by atoms with Gasteiger partial charge in [-0.3, -0.25) is 4.79 Å². The number of hydrogen-bond acceptors (Lipinski definition) is 5. The first-order valence-electron chi connectivity index (χ1n) is 9.52. The maximum Gasteiger partial charge on any atom is 0.336 e. The second kappa shape index (κ2) is 7.89. The van der Waals surface area contributed by atoms with Crippen LogP contribution in [0.15, 0.2) is 33.5 Å². The third-order valence-corrected chi connectivity index (χ3v) is 5.65. The van der Waals surface area contributed by atoms with Gasteiger partial charge in [0.25, 0.3) is 5.91 Å². The molecule has 2 fully saturated rings. The molecule has 0 aliphatic carbocycles. The molecule has 3 heterocycles. The van der Waals surface area contributed by atoms with E-state index < -0.39 is 0 Å². The highest BCUT2D eigenvalue weighted by Gasteiger charge is 2.30. The van der Waals surface area contributed by atoms with Gasteiger partial charge in [-0.05, 0) is 49.7 Å². The lowest BCUT2D eigenvalue weighted by Crippen LogP contribution is -2.53. The number of fused-ring (bicyclic) bond motifs is 1. The topological polar surface area (TPSA) is 75.0 Å². The number of rotatable bonds is 2. The molecule has 1 aromatic heterocycles. The van der Waals surface area contributed by atoms with Crippen LogP contribution in [0, 0.1) is 6.92 Å². The first kappa shape index (κ1) is 18.9. The van der Waals surface area contributed by atoms with Crippen molar-refractivity contribution in [1.82, 2.24) is 9.80 Å². The number of piperazine rings is 1. The minimum absolute atomic E-state index is 0.0935. The van der Waals surface area contributed by atoms with Gasteiger partial charge < -0.3 is 24.3 Å². The second-order valence-corrected chi connectivity index (χ2v) is 7.59. The molecule has 148 valence electrons. The Hall–Kier alpha value is -2.45. The molecule has 2 aromatic rings. The van der Waals surface area contributed by atoms with Crippen LogP contribution >= 0.6 is 12.2 Å². The number of aryl methyl sites for hydroxylation is 1. The van der Waals surface area contributed by atoms with Gasteiger partial charge in [-0.15, -0.1) is 0 Å². The fourth-order valence-electron chi connectivity index (χ4n) is 3.71. The molecule has 2 aliphatic heterocycles. The highest BCUT2D eigenvalue weighted by Crippen LogP contribution is 2.21. The number of thiocarbonyl (C=S) groups is 1. The Morgan fingerprint density at radius 3 is 2.64 bits per heavy atom. The standard InChI is InChI=1S/C20H23N3O4S/c1-13-11-18(24)27-17-12-14(4-5-15(13)17)21-20(28)23-8-6-22(7-9-23)19(25)16-3-2-10-26-16/h4-5,11-12,16H,2-3,6-10H2,1H3,(H,21,28)/t16-/m1/s1. The summed E-state index contributed by atoms with van der Waals surface area (Å²) in [5, 5.41) is 4.71. The van der Waals surface area contributed by atoms with Gasteiger partial charge in [0.15, 0.2) is 5.11 Å². The Bertz CT molecular complexity index is 960. The highest BCUT2D eigenvalue weighted by atomic mass is 32.1.